The zero-order valence-electron chi connectivity index (χ0n) is 18.1. The first-order valence-corrected chi connectivity index (χ1v) is 11.1. The van der Waals surface area contributed by atoms with Crippen molar-refractivity contribution >= 4 is 5.91 Å². The Kier molecular flexibility index (Phi) is 6.62. The van der Waals surface area contributed by atoms with Gasteiger partial charge < -0.3 is 15.0 Å². The van der Waals surface area contributed by atoms with Crippen molar-refractivity contribution in [1.29, 1.82) is 0 Å². The van der Waals surface area contributed by atoms with Gasteiger partial charge in [0, 0.05) is 30.1 Å². The van der Waals surface area contributed by atoms with Gasteiger partial charge in [-0.3, -0.25) is 4.79 Å². The maximum absolute atomic E-state index is 12.7. The van der Waals surface area contributed by atoms with Gasteiger partial charge in [-0.25, -0.2) is 4.98 Å². The van der Waals surface area contributed by atoms with Gasteiger partial charge in [0.1, 0.15) is 0 Å². The molecular formula is C24H32N4O2. The molecule has 0 saturated heterocycles. The Bertz CT molecular complexity index is 865. The first-order chi connectivity index (χ1) is 14.6. The summed E-state index contributed by atoms with van der Waals surface area (Å²) in [6, 6.07) is 10.1. The number of benzene rings is 1. The minimum atomic E-state index is 0.0119. The Labute approximate surface area is 179 Å². The Morgan fingerprint density at radius 1 is 1.10 bits per heavy atom. The third-order valence-electron chi connectivity index (χ3n) is 5.94. The van der Waals surface area contributed by atoms with Crippen LogP contribution in [0.5, 0.6) is 5.88 Å². The van der Waals surface area contributed by atoms with Crippen LogP contribution in [0, 0.1) is 11.8 Å². The number of hydrogen-bond acceptors (Lipinski definition) is 5. The fraction of sp³-hybridized carbons (Fsp3) is 0.542. The monoisotopic (exact) mass is 408 g/mol. The summed E-state index contributed by atoms with van der Waals surface area (Å²) in [7, 11) is 4.03. The van der Waals surface area contributed by atoms with Crippen molar-refractivity contribution in [1.82, 2.24) is 20.2 Å². The van der Waals surface area contributed by atoms with E-state index in [4.69, 9.17) is 14.7 Å². The number of aromatic nitrogens is 2. The van der Waals surface area contributed by atoms with E-state index in [1.54, 1.807) is 0 Å². The topological polar surface area (TPSA) is 67.4 Å². The number of rotatable bonds is 8. The number of likely N-dealkylation sites (N-methyl/N-ethyl adjacent to an activating group) is 1. The van der Waals surface area contributed by atoms with Gasteiger partial charge in [0.2, 0.25) is 11.8 Å². The summed E-state index contributed by atoms with van der Waals surface area (Å²) in [4.78, 5) is 24.5. The molecule has 160 valence electrons. The van der Waals surface area contributed by atoms with Gasteiger partial charge in [0.05, 0.1) is 12.3 Å². The molecule has 2 aromatic rings. The number of fused-ring (bicyclic) bond motifs is 1. The second-order valence-corrected chi connectivity index (χ2v) is 8.77. The first kappa shape index (κ1) is 20.8. The highest BCUT2D eigenvalue weighted by molar-refractivity contribution is 5.78. The third kappa shape index (κ3) is 5.36. The number of carbonyl (C=O) groups is 1. The van der Waals surface area contributed by atoms with Crippen LogP contribution < -0.4 is 10.1 Å². The molecule has 1 aromatic heterocycles. The minimum absolute atomic E-state index is 0.0119. The van der Waals surface area contributed by atoms with Crippen LogP contribution in [0.3, 0.4) is 0 Å². The minimum Gasteiger partial charge on any atom is -0.477 e. The Morgan fingerprint density at radius 2 is 1.87 bits per heavy atom. The highest BCUT2D eigenvalue weighted by atomic mass is 16.5. The van der Waals surface area contributed by atoms with Crippen molar-refractivity contribution in [2.24, 2.45) is 11.8 Å². The van der Waals surface area contributed by atoms with E-state index in [-0.39, 0.29) is 11.8 Å². The molecule has 4 rings (SSSR count). The van der Waals surface area contributed by atoms with Crippen LogP contribution >= 0.6 is 0 Å². The Morgan fingerprint density at radius 3 is 2.60 bits per heavy atom. The number of ether oxygens (including phenoxy) is 1. The fourth-order valence-corrected chi connectivity index (χ4v) is 3.87. The van der Waals surface area contributed by atoms with E-state index in [0.717, 1.165) is 61.5 Å². The normalized spacial score (nSPS) is 18.6. The smallest absolute Gasteiger partial charge is 0.223 e. The highest BCUT2D eigenvalue weighted by Crippen LogP contribution is 2.34. The third-order valence-corrected chi connectivity index (χ3v) is 5.94. The van der Waals surface area contributed by atoms with Crippen LogP contribution in [0.15, 0.2) is 30.3 Å². The fourth-order valence-electron chi connectivity index (χ4n) is 3.87. The molecule has 1 unspecified atom stereocenters. The van der Waals surface area contributed by atoms with Crippen molar-refractivity contribution < 1.29 is 9.53 Å². The van der Waals surface area contributed by atoms with Crippen LogP contribution in [0.1, 0.15) is 36.9 Å². The molecule has 30 heavy (non-hydrogen) atoms. The van der Waals surface area contributed by atoms with Crippen LogP contribution in [-0.2, 0) is 17.6 Å². The molecule has 1 saturated carbocycles. The number of carbonyl (C=O) groups excluding carboxylic acids is 1. The zero-order valence-corrected chi connectivity index (χ0v) is 18.1. The lowest BCUT2D eigenvalue weighted by molar-refractivity contribution is -0.125. The molecule has 0 radical (unpaired) electrons. The average molecular weight is 409 g/mol. The van der Waals surface area contributed by atoms with Gasteiger partial charge in [-0.15, -0.1) is 0 Å². The molecule has 1 aromatic carbocycles. The second-order valence-electron chi connectivity index (χ2n) is 8.77. The predicted octanol–water partition coefficient (Wildman–Crippen LogP) is 3.11. The molecule has 1 heterocycles. The number of aryl methyl sites for hydroxylation is 1. The standard InChI is InChI=1S/C24H32N4O2/c1-28(2)15-14-25-23(29)19-10-12-20-21(13-11-19)26-22(18-6-4-3-5-7-18)27-24(20)30-16-17-8-9-17/h3-7,17,19H,8-16H2,1-2H3,(H,25,29). The number of nitrogens with one attached hydrogen (secondary N) is 1. The van der Waals surface area contributed by atoms with Gasteiger partial charge in [-0.2, -0.15) is 4.98 Å². The van der Waals surface area contributed by atoms with E-state index in [0.29, 0.717) is 18.3 Å². The Hall–Kier alpha value is -2.47. The van der Waals surface area contributed by atoms with Gasteiger partial charge in [0.15, 0.2) is 5.82 Å². The van der Waals surface area contributed by atoms with Crippen molar-refractivity contribution in [3.8, 4) is 17.3 Å². The van der Waals surface area contributed by atoms with Crippen LogP contribution in [0.4, 0.5) is 0 Å². The molecule has 2 aliphatic carbocycles. The van der Waals surface area contributed by atoms with Gasteiger partial charge in [-0.05, 0) is 58.5 Å². The van der Waals surface area contributed by atoms with Crippen LogP contribution in [0.2, 0.25) is 0 Å². The first-order valence-electron chi connectivity index (χ1n) is 11.1. The summed E-state index contributed by atoms with van der Waals surface area (Å²) in [6.07, 6.45) is 5.68. The van der Waals surface area contributed by atoms with E-state index < -0.39 is 0 Å². The van der Waals surface area contributed by atoms with Crippen LogP contribution in [0.25, 0.3) is 11.4 Å². The molecule has 0 spiro atoms. The molecule has 1 amide bonds. The lowest BCUT2D eigenvalue weighted by Gasteiger charge is -2.15. The summed E-state index contributed by atoms with van der Waals surface area (Å²) in [5.41, 5.74) is 3.14. The lowest BCUT2D eigenvalue weighted by atomic mass is 9.99. The predicted molar refractivity (Wildman–Crippen MR) is 117 cm³/mol. The quantitative estimate of drug-likeness (QED) is 0.680. The molecule has 0 aliphatic heterocycles. The number of amides is 1. The van der Waals surface area contributed by atoms with Crippen LogP contribution in [-0.4, -0.2) is 54.6 Å². The second kappa shape index (κ2) is 9.56. The molecule has 0 bridgehead atoms. The molecule has 2 aliphatic rings. The zero-order chi connectivity index (χ0) is 20.9. The summed E-state index contributed by atoms with van der Waals surface area (Å²) < 4.78 is 6.18. The van der Waals surface area contributed by atoms with Crippen molar-refractivity contribution in [2.75, 3.05) is 33.8 Å². The van der Waals surface area contributed by atoms with Crippen molar-refractivity contribution in [2.45, 2.75) is 38.5 Å². The highest BCUT2D eigenvalue weighted by Gasteiger charge is 2.28. The molecule has 1 N–H and O–H groups in total. The van der Waals surface area contributed by atoms with Gasteiger partial charge in [-0.1, -0.05) is 30.3 Å². The SMILES string of the molecule is CN(C)CCNC(=O)C1CCc2nc(-c3ccccc3)nc(OCC3CC3)c2CC1. The molecular weight excluding hydrogens is 376 g/mol. The van der Waals surface area contributed by atoms with Crippen molar-refractivity contribution in [3.63, 3.8) is 0 Å². The summed E-state index contributed by atoms with van der Waals surface area (Å²) >= 11 is 0. The summed E-state index contributed by atoms with van der Waals surface area (Å²) in [5.74, 6) is 2.27. The lowest BCUT2D eigenvalue weighted by Crippen LogP contribution is -2.35. The van der Waals surface area contributed by atoms with E-state index in [9.17, 15) is 4.79 Å². The average Bonchev–Trinajstić information content (AvgIpc) is 3.58. The number of hydrogen-bond donors (Lipinski definition) is 1. The maximum Gasteiger partial charge on any atom is 0.223 e. The largest absolute Gasteiger partial charge is 0.477 e. The molecule has 1 fully saturated rings. The molecule has 6 nitrogen and oxygen atoms in total. The Balaban J connectivity index is 1.52. The molecule has 1 atom stereocenters. The van der Waals surface area contributed by atoms with E-state index in [1.165, 1.54) is 12.8 Å². The maximum atomic E-state index is 12.7. The van der Waals surface area contributed by atoms with E-state index in [2.05, 4.69) is 10.2 Å². The van der Waals surface area contributed by atoms with E-state index in [1.807, 2.05) is 44.4 Å². The van der Waals surface area contributed by atoms with Gasteiger partial charge >= 0.3 is 0 Å². The number of nitrogens with zero attached hydrogens (tertiary/aromatic N) is 3. The van der Waals surface area contributed by atoms with E-state index >= 15 is 0 Å². The van der Waals surface area contributed by atoms with Gasteiger partial charge in [0.25, 0.3) is 0 Å². The summed E-state index contributed by atoms with van der Waals surface area (Å²) in [5, 5.41) is 3.09. The van der Waals surface area contributed by atoms with Crippen molar-refractivity contribution in [3.05, 3.63) is 41.6 Å². The summed E-state index contributed by atoms with van der Waals surface area (Å²) in [6.45, 7) is 2.26. The molecule has 6 heteroatoms.